The highest BCUT2D eigenvalue weighted by atomic mass is 19.1. The summed E-state index contributed by atoms with van der Waals surface area (Å²) in [5.41, 5.74) is 2.39. The molecule has 0 aromatic heterocycles. The van der Waals surface area contributed by atoms with Crippen molar-refractivity contribution in [3.63, 3.8) is 0 Å². The van der Waals surface area contributed by atoms with Crippen LogP contribution in [-0.2, 0) is 6.42 Å². The van der Waals surface area contributed by atoms with Gasteiger partial charge in [-0.05, 0) is 60.1 Å². The molecule has 0 saturated heterocycles. The zero-order valence-electron chi connectivity index (χ0n) is 14.3. The van der Waals surface area contributed by atoms with Crippen LogP contribution in [-0.4, -0.2) is 14.2 Å². The molecule has 0 spiro atoms. The summed E-state index contributed by atoms with van der Waals surface area (Å²) in [5, 5.41) is 0. The van der Waals surface area contributed by atoms with E-state index in [4.69, 9.17) is 9.47 Å². The van der Waals surface area contributed by atoms with Gasteiger partial charge in [-0.15, -0.1) is 0 Å². The second-order valence-corrected chi connectivity index (χ2v) is 6.08. The van der Waals surface area contributed by atoms with Crippen molar-refractivity contribution < 1.29 is 13.9 Å². The molecule has 0 bridgehead atoms. The fourth-order valence-electron chi connectivity index (χ4n) is 2.72. The Morgan fingerprint density at radius 1 is 0.913 bits per heavy atom. The monoisotopic (exact) mass is 316 g/mol. The lowest BCUT2D eigenvalue weighted by molar-refractivity contribution is 0.389. The Kier molecular flexibility index (Phi) is 6.03. The third-order valence-corrected chi connectivity index (χ3v) is 4.55. The Labute approximate surface area is 138 Å². The van der Waals surface area contributed by atoms with Crippen molar-refractivity contribution in [2.24, 2.45) is 5.92 Å². The molecular weight excluding hydrogens is 291 g/mol. The topological polar surface area (TPSA) is 18.5 Å². The van der Waals surface area contributed by atoms with Crippen LogP contribution < -0.4 is 9.47 Å². The van der Waals surface area contributed by atoms with Crippen molar-refractivity contribution in [3.05, 3.63) is 59.4 Å². The van der Waals surface area contributed by atoms with Crippen LogP contribution >= 0.6 is 0 Å². The highest BCUT2D eigenvalue weighted by molar-refractivity contribution is 5.40. The van der Waals surface area contributed by atoms with E-state index in [0.717, 1.165) is 24.3 Å². The van der Waals surface area contributed by atoms with E-state index in [1.165, 1.54) is 23.3 Å². The van der Waals surface area contributed by atoms with Crippen LogP contribution in [0.15, 0.2) is 42.5 Å². The zero-order chi connectivity index (χ0) is 16.8. The van der Waals surface area contributed by atoms with Gasteiger partial charge in [0.15, 0.2) is 0 Å². The van der Waals surface area contributed by atoms with Gasteiger partial charge in [0, 0.05) is 6.07 Å². The molecule has 0 N–H and O–H groups in total. The molecule has 2 rings (SSSR count). The number of aryl methyl sites for hydroxylation is 1. The fraction of sp³-hybridized carbons (Fsp3) is 0.400. The first-order chi connectivity index (χ1) is 11.0. The Balaban J connectivity index is 2.03. The highest BCUT2D eigenvalue weighted by Crippen LogP contribution is 2.33. The van der Waals surface area contributed by atoms with Crippen molar-refractivity contribution >= 4 is 0 Å². The molecule has 0 aliphatic carbocycles. The molecule has 0 unspecified atom stereocenters. The van der Waals surface area contributed by atoms with Crippen LogP contribution in [0.2, 0.25) is 0 Å². The summed E-state index contributed by atoms with van der Waals surface area (Å²) in [6, 6.07) is 12.8. The molecule has 0 aliphatic rings. The number of hydrogen-bond donors (Lipinski definition) is 0. The quantitative estimate of drug-likeness (QED) is 0.697. The lowest BCUT2D eigenvalue weighted by Gasteiger charge is -2.21. The summed E-state index contributed by atoms with van der Waals surface area (Å²) in [7, 11) is 3.34. The summed E-state index contributed by atoms with van der Waals surface area (Å²) >= 11 is 0. The number of ether oxygens (including phenoxy) is 2. The second-order valence-electron chi connectivity index (χ2n) is 6.08. The standard InChI is InChI=1S/C20H25FO2/c1-14(5-6-16-7-9-18(21)10-8-16)15(2)17-11-19(22-3)13-20(12-17)23-4/h7-15H,5-6H2,1-4H3/t14-,15+/m0/s1. The van der Waals surface area contributed by atoms with E-state index in [9.17, 15) is 4.39 Å². The molecule has 0 fully saturated rings. The second kappa shape index (κ2) is 8.00. The van der Waals surface area contributed by atoms with Crippen LogP contribution in [0.25, 0.3) is 0 Å². The van der Waals surface area contributed by atoms with Gasteiger partial charge in [-0.1, -0.05) is 26.0 Å². The Morgan fingerprint density at radius 2 is 1.48 bits per heavy atom. The average Bonchev–Trinajstić information content (AvgIpc) is 2.59. The van der Waals surface area contributed by atoms with Crippen molar-refractivity contribution in [2.45, 2.75) is 32.6 Å². The zero-order valence-corrected chi connectivity index (χ0v) is 14.3. The molecule has 2 atom stereocenters. The smallest absolute Gasteiger partial charge is 0.123 e. The number of hydrogen-bond acceptors (Lipinski definition) is 2. The van der Waals surface area contributed by atoms with Gasteiger partial charge in [-0.25, -0.2) is 4.39 Å². The van der Waals surface area contributed by atoms with E-state index in [1.54, 1.807) is 14.2 Å². The normalized spacial score (nSPS) is 13.4. The summed E-state index contributed by atoms with van der Waals surface area (Å²) < 4.78 is 23.7. The average molecular weight is 316 g/mol. The van der Waals surface area contributed by atoms with Gasteiger partial charge in [-0.3, -0.25) is 0 Å². The van der Waals surface area contributed by atoms with Gasteiger partial charge in [0.2, 0.25) is 0 Å². The highest BCUT2D eigenvalue weighted by Gasteiger charge is 2.16. The first kappa shape index (κ1) is 17.3. The molecule has 2 aromatic rings. The van der Waals surface area contributed by atoms with Crippen LogP contribution in [0.5, 0.6) is 11.5 Å². The van der Waals surface area contributed by atoms with E-state index in [1.807, 2.05) is 18.2 Å². The van der Waals surface area contributed by atoms with Gasteiger partial charge in [-0.2, -0.15) is 0 Å². The number of halogens is 1. The lowest BCUT2D eigenvalue weighted by Crippen LogP contribution is -2.08. The molecule has 0 heterocycles. The van der Waals surface area contributed by atoms with E-state index < -0.39 is 0 Å². The van der Waals surface area contributed by atoms with Gasteiger partial charge in [0.25, 0.3) is 0 Å². The van der Waals surface area contributed by atoms with Crippen molar-refractivity contribution in [1.29, 1.82) is 0 Å². The first-order valence-corrected chi connectivity index (χ1v) is 8.01. The maximum Gasteiger partial charge on any atom is 0.123 e. The molecule has 0 radical (unpaired) electrons. The van der Waals surface area contributed by atoms with E-state index in [2.05, 4.69) is 26.0 Å². The Bertz CT molecular complexity index is 600. The van der Waals surface area contributed by atoms with E-state index in [-0.39, 0.29) is 5.82 Å². The van der Waals surface area contributed by atoms with Crippen LogP contribution in [0.4, 0.5) is 4.39 Å². The molecular formula is C20H25FO2. The number of methoxy groups -OCH3 is 2. The molecule has 2 nitrogen and oxygen atoms in total. The molecule has 124 valence electrons. The predicted octanol–water partition coefficient (Wildman–Crippen LogP) is 5.22. The van der Waals surface area contributed by atoms with Gasteiger partial charge < -0.3 is 9.47 Å². The SMILES string of the molecule is COc1cc(OC)cc([C@H](C)[C@@H](C)CCc2ccc(F)cc2)c1. The molecule has 23 heavy (non-hydrogen) atoms. The van der Waals surface area contributed by atoms with Gasteiger partial charge >= 0.3 is 0 Å². The minimum atomic E-state index is -0.182. The molecule has 2 aromatic carbocycles. The summed E-state index contributed by atoms with van der Waals surface area (Å²) in [6.45, 7) is 4.48. The third kappa shape index (κ3) is 4.72. The molecule has 0 saturated carbocycles. The predicted molar refractivity (Wildman–Crippen MR) is 91.8 cm³/mol. The van der Waals surface area contributed by atoms with Crippen molar-refractivity contribution in [2.75, 3.05) is 14.2 Å². The lowest BCUT2D eigenvalue weighted by atomic mass is 9.85. The number of rotatable bonds is 7. The minimum Gasteiger partial charge on any atom is -0.497 e. The maximum absolute atomic E-state index is 13.0. The third-order valence-electron chi connectivity index (χ3n) is 4.55. The summed E-state index contributed by atoms with van der Waals surface area (Å²) in [5.74, 6) is 2.34. The molecule has 0 aliphatic heterocycles. The van der Waals surface area contributed by atoms with Gasteiger partial charge in [0.1, 0.15) is 17.3 Å². The van der Waals surface area contributed by atoms with Crippen molar-refractivity contribution in [1.82, 2.24) is 0 Å². The molecule has 3 heteroatoms. The minimum absolute atomic E-state index is 0.182. The van der Waals surface area contributed by atoms with Crippen LogP contribution in [0.1, 0.15) is 37.3 Å². The van der Waals surface area contributed by atoms with Crippen LogP contribution in [0.3, 0.4) is 0 Å². The summed E-state index contributed by atoms with van der Waals surface area (Å²) in [4.78, 5) is 0. The fourth-order valence-corrected chi connectivity index (χ4v) is 2.72. The van der Waals surface area contributed by atoms with E-state index in [0.29, 0.717) is 11.8 Å². The van der Waals surface area contributed by atoms with Crippen LogP contribution in [0, 0.1) is 11.7 Å². The maximum atomic E-state index is 13.0. The largest absolute Gasteiger partial charge is 0.497 e. The van der Waals surface area contributed by atoms with Crippen molar-refractivity contribution in [3.8, 4) is 11.5 Å². The first-order valence-electron chi connectivity index (χ1n) is 8.01. The Hall–Kier alpha value is -2.03. The number of benzene rings is 2. The summed E-state index contributed by atoms with van der Waals surface area (Å²) in [6.07, 6.45) is 2.00. The molecule has 0 amide bonds. The van der Waals surface area contributed by atoms with Gasteiger partial charge in [0.05, 0.1) is 14.2 Å². The Morgan fingerprint density at radius 3 is 2.00 bits per heavy atom. The van der Waals surface area contributed by atoms with E-state index >= 15 is 0 Å².